The highest BCUT2D eigenvalue weighted by Gasteiger charge is 2.43. The van der Waals surface area contributed by atoms with E-state index in [4.69, 9.17) is 32.8 Å². The molecule has 17 amide bonds. The van der Waals surface area contributed by atoms with Crippen molar-refractivity contribution < 1.29 is 107 Å². The molecule has 0 saturated carbocycles. The number of nitrogens with one attached hydrogen (secondary N) is 20. The molecule has 3 aromatic rings. The third-order valence-corrected chi connectivity index (χ3v) is 24.5. The summed E-state index contributed by atoms with van der Waals surface area (Å²) >= 11 is 1.30. The van der Waals surface area contributed by atoms with Crippen molar-refractivity contribution in [1.82, 2.24) is 105 Å². The van der Waals surface area contributed by atoms with Gasteiger partial charge in [0, 0.05) is 62.3 Å². The van der Waals surface area contributed by atoms with Crippen molar-refractivity contribution >= 4 is 146 Å². The number of thioether (sulfide) groups is 1. The van der Waals surface area contributed by atoms with Crippen molar-refractivity contribution in [3.63, 3.8) is 0 Å². The van der Waals surface area contributed by atoms with Gasteiger partial charge in [-0.15, -0.1) is 0 Å². The Hall–Kier alpha value is -12.1. The first kappa shape index (κ1) is 114. The van der Waals surface area contributed by atoms with Crippen LogP contribution >= 0.6 is 33.3 Å². The molecule has 754 valence electrons. The minimum Gasteiger partial charge on any atom is -0.508 e. The van der Waals surface area contributed by atoms with Gasteiger partial charge < -0.3 is 143 Å². The number of hydrogen-bond acceptors (Lipinski definition) is 28. The molecule has 136 heavy (non-hydrogen) atoms. The molecule has 0 bridgehead atoms. The molecule has 30 N–H and O–H groups in total. The van der Waals surface area contributed by atoms with Crippen molar-refractivity contribution in [3.05, 3.63) is 83.9 Å². The summed E-state index contributed by atoms with van der Waals surface area (Å²) in [5, 5.41) is 101. The van der Waals surface area contributed by atoms with Gasteiger partial charge in [0.05, 0.1) is 39.3 Å². The molecular weight excluding hydrogens is 1830 g/mol. The van der Waals surface area contributed by atoms with E-state index in [9.17, 15) is 78.0 Å². The van der Waals surface area contributed by atoms with E-state index in [1.54, 1.807) is 92.0 Å². The van der Waals surface area contributed by atoms with Crippen LogP contribution in [0.5, 0.6) is 5.75 Å². The van der Waals surface area contributed by atoms with Gasteiger partial charge in [-0.25, -0.2) is 4.98 Å². The smallest absolute Gasteiger partial charge is 0.246 e. The van der Waals surface area contributed by atoms with Gasteiger partial charge in [0.25, 0.3) is 0 Å². The SMILES string of the molecule is CSCC[C@H](NC(=O)[C@H](Cc1cnc[nH]1)NC(=O)COCCO)C(=O)N[C@H](C(=O)N[C@H]1CSSC[C@@H](C(=O)N[C@@H](Cc2ccccc2)C(=O)N[C@@H](CO)C(=O)N[C@@H](CC(C)C)C(N)=O)NC(=O)[C@H](C(C)C)NC(=O)[C@@H]2CCCN2C(=O)[C@H](CCCNC(=N)N)NC(=O)CNC(=O)[C@H](CCCNC(=N)N)NC(=O)[C@H](Cc2ccc(O)cc2)NC(=O)[C@H](CO)NC(=O)[C@H](CC(C)C)NC1=O)C(C)C. The minimum atomic E-state index is -1.95. The second kappa shape index (κ2) is 59.7. The Bertz CT molecular complexity index is 4490. The topological polar surface area (TPSA) is 743 Å². The summed E-state index contributed by atoms with van der Waals surface area (Å²) in [5.41, 5.74) is 17.9. The molecule has 50 heteroatoms. The zero-order valence-corrected chi connectivity index (χ0v) is 80.2. The second-order valence-electron chi connectivity index (χ2n) is 34.2. The number of carbonyl (C=O) groups excluding carboxylic acids is 17. The number of aromatic nitrogens is 2. The van der Waals surface area contributed by atoms with Gasteiger partial charge in [-0.3, -0.25) is 92.3 Å². The lowest BCUT2D eigenvalue weighted by molar-refractivity contribution is -0.142. The van der Waals surface area contributed by atoms with E-state index in [2.05, 4.69) is 100 Å². The van der Waals surface area contributed by atoms with E-state index in [1.165, 1.54) is 53.5 Å². The number of phenols is 1. The van der Waals surface area contributed by atoms with Crippen LogP contribution in [0.15, 0.2) is 67.1 Å². The van der Waals surface area contributed by atoms with Crippen molar-refractivity contribution in [2.24, 2.45) is 40.9 Å². The molecule has 0 radical (unpaired) electrons. The molecule has 47 nitrogen and oxygen atoms in total. The van der Waals surface area contributed by atoms with Gasteiger partial charge in [0.15, 0.2) is 11.9 Å². The summed E-state index contributed by atoms with van der Waals surface area (Å²) < 4.78 is 5.18. The maximum atomic E-state index is 15.5. The normalized spacial score (nSPS) is 20.8. The van der Waals surface area contributed by atoms with E-state index >= 15 is 24.0 Å². The number of nitrogens with two attached hydrogens (primary N) is 3. The lowest BCUT2D eigenvalue weighted by Crippen LogP contribution is -2.62. The first-order valence-electron chi connectivity index (χ1n) is 44.8. The molecular formula is C86H135N25O22S3. The molecule has 0 spiro atoms. The highest BCUT2D eigenvalue weighted by molar-refractivity contribution is 8.76. The predicted octanol–water partition coefficient (Wildman–Crippen LogP) is -6.40. The molecule has 2 fully saturated rings. The summed E-state index contributed by atoms with van der Waals surface area (Å²) in [7, 11) is 1.58. The number of aromatic amines is 1. The average Bonchev–Trinajstić information content (AvgIpc) is 1.63. The Morgan fingerprint density at radius 2 is 1.19 bits per heavy atom. The highest BCUT2D eigenvalue weighted by Crippen LogP contribution is 2.26. The monoisotopic (exact) mass is 1970 g/mol. The molecule has 15 atom stereocenters. The number of guanidine groups is 2. The number of primary amides is 1. The number of ether oxygens (including phenoxy) is 1. The van der Waals surface area contributed by atoms with Crippen LogP contribution < -0.4 is 108 Å². The van der Waals surface area contributed by atoms with Crippen molar-refractivity contribution in [2.75, 3.05) is 82.7 Å². The third-order valence-electron chi connectivity index (χ3n) is 21.4. The predicted molar refractivity (Wildman–Crippen MR) is 505 cm³/mol. The van der Waals surface area contributed by atoms with Gasteiger partial charge in [0.1, 0.15) is 103 Å². The van der Waals surface area contributed by atoms with Crippen molar-refractivity contribution in [2.45, 2.75) is 223 Å². The van der Waals surface area contributed by atoms with Gasteiger partial charge in [-0.1, -0.05) is 119 Å². The maximum absolute atomic E-state index is 15.5. The molecule has 2 aromatic carbocycles. The number of hydrogen-bond donors (Lipinski definition) is 27. The standard InChI is InChI=1S/C86H135N25O22S3/c1-45(2)32-56(70(87)118)101-77(125)61(39-113)106-75(123)58(34-49-16-11-10-12-17-49)104-80(128)64-43-136-135-42-63(107-82(130)68(47(5)6)109-72(120)54(25-31-134-9)100-76(124)60(36-51-37-92-44-96-51)98-67(117)41-133-30-29-112)79(127)102-57(33-46(3)4)73(121)105-62(40-114)78(126)103-59(35-50-21-23-52(115)24-22-50)74(122)99-53(18-13-26-93-85(88)89)71(119)95-38-66(116)97-55(19-14-27-94-86(90)91)84(132)111-28-15-20-65(111)81(129)110-69(48(7)8)83(131)108-64/h10-12,16-17,21-24,37,44-48,53-65,68-69,112-115H,13-15,18-20,25-36,38-43H2,1-9H3,(H2,87,118)(H,92,96)(H,95,119)(H,97,116)(H,98,117)(H,99,122)(H,100,124)(H,101,125)(H,102,127)(H,103,126)(H,104,128)(H,105,121)(H,106,123)(H,107,130)(H,108,131)(H,109,120)(H,110,129)(H4,88,89,93)(H4,90,91,94)/t53-,54-,55-,56-,57-,58-,59-,60-,61-,62-,63-,64-,65-,68-,69-/m0/s1. The zero-order chi connectivity index (χ0) is 101. The van der Waals surface area contributed by atoms with E-state index in [-0.39, 0.29) is 121 Å². The number of rotatable bonds is 43. The summed E-state index contributed by atoms with van der Waals surface area (Å²) in [6.45, 7) is 8.76. The number of phenolic OH excluding ortho intramolecular Hbond substituents is 1. The fraction of sp³-hybridized carbons (Fsp3) is 0.605. The number of aromatic hydroxyl groups is 1. The molecule has 3 heterocycles. The number of nitrogens with zero attached hydrogens (tertiary/aromatic N) is 2. The lowest BCUT2D eigenvalue weighted by Gasteiger charge is -2.31. The molecule has 2 saturated heterocycles. The first-order chi connectivity index (χ1) is 64.6. The molecule has 1 aromatic heterocycles. The van der Waals surface area contributed by atoms with Gasteiger partial charge >= 0.3 is 0 Å². The lowest BCUT2D eigenvalue weighted by atomic mass is 10.0. The Labute approximate surface area is 800 Å². The molecule has 2 aliphatic heterocycles. The third kappa shape index (κ3) is 40.4. The maximum Gasteiger partial charge on any atom is 0.246 e. The number of imidazole rings is 1. The minimum absolute atomic E-state index is 0.00881. The van der Waals surface area contributed by atoms with E-state index in [1.807, 2.05) is 0 Å². The number of aliphatic hydroxyl groups is 3. The molecule has 5 rings (SSSR count). The summed E-state index contributed by atoms with van der Waals surface area (Å²) in [6, 6.07) is -10.3. The highest BCUT2D eigenvalue weighted by atomic mass is 33.1. The second-order valence-corrected chi connectivity index (χ2v) is 37.7. The summed E-state index contributed by atoms with van der Waals surface area (Å²) in [6.07, 6.45) is 3.35. The van der Waals surface area contributed by atoms with Crippen LogP contribution in [-0.2, 0) is 106 Å². The van der Waals surface area contributed by atoms with Crippen molar-refractivity contribution in [3.8, 4) is 5.75 Å². The van der Waals surface area contributed by atoms with Gasteiger partial charge in [-0.2, -0.15) is 11.8 Å². The van der Waals surface area contributed by atoms with E-state index in [0.717, 1.165) is 21.6 Å². The number of carbonyl (C=O) groups is 17. The van der Waals surface area contributed by atoms with Crippen LogP contribution in [0.4, 0.5) is 0 Å². The van der Waals surface area contributed by atoms with Crippen LogP contribution in [0.3, 0.4) is 0 Å². The largest absolute Gasteiger partial charge is 0.508 e. The van der Waals surface area contributed by atoms with E-state index in [0.29, 0.717) is 16.8 Å². The fourth-order valence-electron chi connectivity index (χ4n) is 14.2. The van der Waals surface area contributed by atoms with Crippen LogP contribution in [0.25, 0.3) is 0 Å². The van der Waals surface area contributed by atoms with Gasteiger partial charge in [0.2, 0.25) is 100 Å². The molecule has 2 aliphatic rings. The van der Waals surface area contributed by atoms with Crippen LogP contribution in [0.2, 0.25) is 0 Å². The Balaban J connectivity index is 1.71. The quantitative estimate of drug-likeness (QED) is 0.0108. The van der Waals surface area contributed by atoms with E-state index < -0.39 is 265 Å². The summed E-state index contributed by atoms with van der Waals surface area (Å²) in [5.74, 6) is -20.9. The number of H-pyrrole nitrogens is 1. The zero-order valence-electron chi connectivity index (χ0n) is 77.8. The Morgan fingerprint density at radius 3 is 1.78 bits per heavy atom. The van der Waals surface area contributed by atoms with Crippen LogP contribution in [0, 0.1) is 34.5 Å². The first-order valence-corrected chi connectivity index (χ1v) is 48.6. The average molecular weight is 1970 g/mol. The van der Waals surface area contributed by atoms with Crippen LogP contribution in [-0.4, -0.2) is 321 Å². The molecule has 0 unspecified atom stereocenters. The fourth-order valence-corrected chi connectivity index (χ4v) is 17.0. The summed E-state index contributed by atoms with van der Waals surface area (Å²) in [4.78, 5) is 256. The Kier molecular flexibility index (Phi) is 50.2. The number of aliphatic hydroxyl groups excluding tert-OH is 3. The Morgan fingerprint density at radius 1 is 0.603 bits per heavy atom. The number of fused-ring (bicyclic) bond motifs is 1. The number of amides is 17. The molecule has 0 aliphatic carbocycles. The number of benzene rings is 2. The van der Waals surface area contributed by atoms with Crippen molar-refractivity contribution in [1.29, 1.82) is 10.8 Å². The van der Waals surface area contributed by atoms with Gasteiger partial charge in [-0.05, 0) is 117 Å². The van der Waals surface area contributed by atoms with Crippen LogP contribution in [0.1, 0.15) is 130 Å².